The molecular weight excluding hydrogens is 563 g/mol. The lowest BCUT2D eigenvalue weighted by atomic mass is 9.84. The van der Waals surface area contributed by atoms with Crippen LogP contribution in [0.3, 0.4) is 0 Å². The monoisotopic (exact) mass is 582 g/mol. The Morgan fingerprint density at radius 3 is 2.61 bits per heavy atom. The summed E-state index contributed by atoms with van der Waals surface area (Å²) >= 11 is 2.58. The number of thioether (sulfide) groups is 1. The first-order valence-corrected chi connectivity index (χ1v) is 14.4. The fraction of sp³-hybridized carbons (Fsp3) is 0.100. The van der Waals surface area contributed by atoms with Crippen molar-refractivity contribution in [2.45, 2.75) is 15.6 Å². The first-order valence-electron chi connectivity index (χ1n) is 12.6. The van der Waals surface area contributed by atoms with Crippen LogP contribution >= 0.6 is 23.1 Å². The van der Waals surface area contributed by atoms with E-state index < -0.39 is 28.6 Å². The second-order valence-corrected chi connectivity index (χ2v) is 11.7. The maximum absolute atomic E-state index is 14.5. The fourth-order valence-corrected chi connectivity index (χ4v) is 7.36. The molecule has 0 saturated carbocycles. The van der Waals surface area contributed by atoms with Gasteiger partial charge in [0.15, 0.2) is 15.3 Å². The van der Waals surface area contributed by atoms with E-state index in [0.29, 0.717) is 21.3 Å². The van der Waals surface area contributed by atoms with E-state index in [0.717, 1.165) is 29.0 Å². The van der Waals surface area contributed by atoms with Crippen LogP contribution in [0.15, 0.2) is 99.0 Å². The number of carbonyl (C=O) groups excluding carboxylic acids is 2. The molecule has 0 radical (unpaired) electrons. The average molecular weight is 583 g/mol. The first-order chi connectivity index (χ1) is 19.9. The van der Waals surface area contributed by atoms with Crippen molar-refractivity contribution in [2.75, 3.05) is 16.3 Å². The van der Waals surface area contributed by atoms with Crippen molar-refractivity contribution in [3.63, 3.8) is 0 Å². The van der Waals surface area contributed by atoms with Gasteiger partial charge in [0.05, 0.1) is 16.6 Å². The Morgan fingerprint density at radius 1 is 1.02 bits per heavy atom. The summed E-state index contributed by atoms with van der Waals surface area (Å²) in [6.07, 6.45) is 1.57. The Labute approximate surface area is 240 Å². The summed E-state index contributed by atoms with van der Waals surface area (Å²) < 4.78 is 20.8. The molecule has 41 heavy (non-hydrogen) atoms. The normalized spacial score (nSPS) is 17.5. The Bertz CT molecular complexity index is 1960. The molecule has 1 unspecified atom stereocenters. The van der Waals surface area contributed by atoms with Crippen LogP contribution in [0.2, 0.25) is 0 Å². The van der Waals surface area contributed by atoms with Crippen molar-refractivity contribution in [3.05, 3.63) is 124 Å². The van der Waals surface area contributed by atoms with E-state index >= 15 is 0 Å². The fourth-order valence-electron chi connectivity index (χ4n) is 5.52. The van der Waals surface area contributed by atoms with Crippen molar-refractivity contribution in [1.82, 2.24) is 10.2 Å². The number of rotatable bonds is 6. The molecule has 2 aromatic heterocycles. The van der Waals surface area contributed by atoms with Crippen molar-refractivity contribution in [3.8, 4) is 0 Å². The highest BCUT2D eigenvalue weighted by molar-refractivity contribution is 8.00. The van der Waals surface area contributed by atoms with E-state index in [9.17, 15) is 18.8 Å². The molecule has 1 spiro atoms. The van der Waals surface area contributed by atoms with Crippen molar-refractivity contribution in [2.24, 2.45) is 0 Å². The molecule has 5 aromatic rings. The highest BCUT2D eigenvalue weighted by Crippen LogP contribution is 2.54. The number of amides is 2. The SMILES string of the molecule is C=CCN1C(=O)C2(c3ccccc31)c1c(oc3ccc(F)cc3c1=O)C(=O)N2c1nnc(SCc2ccccc2)s1. The minimum atomic E-state index is -1.92. The number of hydrogen-bond donors (Lipinski definition) is 0. The topological polar surface area (TPSA) is 96.6 Å². The third-order valence-electron chi connectivity index (χ3n) is 7.19. The molecule has 0 fully saturated rings. The summed E-state index contributed by atoms with van der Waals surface area (Å²) in [7, 11) is 0. The zero-order valence-electron chi connectivity index (χ0n) is 21.2. The maximum atomic E-state index is 14.5. The summed E-state index contributed by atoms with van der Waals surface area (Å²) in [5.41, 5.74) is -0.696. The molecule has 0 bridgehead atoms. The van der Waals surface area contributed by atoms with E-state index in [1.807, 2.05) is 30.3 Å². The average Bonchev–Trinajstić information content (AvgIpc) is 3.62. The zero-order valence-corrected chi connectivity index (χ0v) is 22.9. The Hall–Kier alpha value is -4.61. The van der Waals surface area contributed by atoms with Gasteiger partial charge in [-0.25, -0.2) is 4.39 Å². The minimum Gasteiger partial charge on any atom is -0.450 e. The summed E-state index contributed by atoms with van der Waals surface area (Å²) in [4.78, 5) is 45.5. The summed E-state index contributed by atoms with van der Waals surface area (Å²) in [5.74, 6) is -1.55. The van der Waals surface area contributed by atoms with Gasteiger partial charge in [-0.2, -0.15) is 0 Å². The summed E-state index contributed by atoms with van der Waals surface area (Å²) in [6, 6.07) is 20.3. The van der Waals surface area contributed by atoms with Crippen LogP contribution < -0.4 is 15.2 Å². The quantitative estimate of drug-likeness (QED) is 0.148. The third kappa shape index (κ3) is 3.62. The predicted molar refractivity (Wildman–Crippen MR) is 155 cm³/mol. The van der Waals surface area contributed by atoms with Crippen molar-refractivity contribution >= 4 is 56.7 Å². The van der Waals surface area contributed by atoms with E-state index in [-0.39, 0.29) is 34.0 Å². The van der Waals surface area contributed by atoms with Crippen LogP contribution in [0.5, 0.6) is 0 Å². The van der Waals surface area contributed by atoms with Crippen LogP contribution in [-0.4, -0.2) is 28.6 Å². The number of hydrogen-bond acceptors (Lipinski definition) is 8. The van der Waals surface area contributed by atoms with Crippen LogP contribution in [0.1, 0.15) is 27.2 Å². The molecule has 202 valence electrons. The molecule has 2 aliphatic rings. The number of para-hydroxylation sites is 1. The molecule has 3 aromatic carbocycles. The number of anilines is 2. The van der Waals surface area contributed by atoms with Crippen LogP contribution in [-0.2, 0) is 16.1 Å². The number of carbonyl (C=O) groups is 2. The molecule has 8 nitrogen and oxygen atoms in total. The summed E-state index contributed by atoms with van der Waals surface area (Å²) in [5, 5.41) is 8.67. The standard InChI is InChI=1S/C30H19FN4O4S2/c1-2-14-34-21-11-7-6-10-20(21)30(27(34)38)23-24(36)19-15-18(31)12-13-22(19)39-25(23)26(37)35(30)28-32-33-29(41-28)40-16-17-8-4-3-5-9-17/h2-13,15H,1,14,16H2. The minimum absolute atomic E-state index is 0.0403. The number of benzene rings is 3. The van der Waals surface area contributed by atoms with Crippen LogP contribution in [0.25, 0.3) is 11.0 Å². The summed E-state index contributed by atoms with van der Waals surface area (Å²) in [6.45, 7) is 3.92. The molecule has 7 rings (SSSR count). The molecule has 1 atom stereocenters. The van der Waals surface area contributed by atoms with E-state index in [1.165, 1.54) is 27.6 Å². The highest BCUT2D eigenvalue weighted by Gasteiger charge is 2.66. The number of halogens is 1. The maximum Gasteiger partial charge on any atom is 0.297 e. The zero-order chi connectivity index (χ0) is 28.3. The number of fused-ring (bicyclic) bond motifs is 5. The molecule has 2 amide bonds. The second-order valence-electron chi connectivity index (χ2n) is 9.47. The lowest BCUT2D eigenvalue weighted by Gasteiger charge is -2.31. The van der Waals surface area contributed by atoms with Crippen molar-refractivity contribution in [1.29, 1.82) is 0 Å². The first kappa shape index (κ1) is 25.4. The van der Waals surface area contributed by atoms with E-state index in [1.54, 1.807) is 30.3 Å². The van der Waals surface area contributed by atoms with Gasteiger partial charge in [-0.3, -0.25) is 19.3 Å². The highest BCUT2D eigenvalue weighted by atomic mass is 32.2. The second kappa shape index (κ2) is 9.50. The van der Waals surface area contributed by atoms with Gasteiger partial charge in [-0.1, -0.05) is 77.7 Å². The lowest BCUT2D eigenvalue weighted by molar-refractivity contribution is -0.121. The molecule has 11 heteroatoms. The number of aromatic nitrogens is 2. The molecule has 0 aliphatic carbocycles. The Kier molecular flexibility index (Phi) is 5.87. The Balaban J connectivity index is 1.46. The van der Waals surface area contributed by atoms with Gasteiger partial charge < -0.3 is 9.32 Å². The molecule has 0 N–H and O–H groups in total. The molecule has 2 aliphatic heterocycles. The van der Waals surface area contributed by atoms with Crippen molar-refractivity contribution < 1.29 is 18.4 Å². The lowest BCUT2D eigenvalue weighted by Crippen LogP contribution is -2.53. The van der Waals surface area contributed by atoms with Gasteiger partial charge >= 0.3 is 0 Å². The van der Waals surface area contributed by atoms with Gasteiger partial charge in [-0.05, 0) is 29.8 Å². The van der Waals surface area contributed by atoms with E-state index in [4.69, 9.17) is 4.42 Å². The van der Waals surface area contributed by atoms with Crippen LogP contribution in [0, 0.1) is 5.82 Å². The Morgan fingerprint density at radius 2 is 1.80 bits per heavy atom. The molecular formula is C30H19FN4O4S2. The van der Waals surface area contributed by atoms with E-state index in [2.05, 4.69) is 16.8 Å². The van der Waals surface area contributed by atoms with Gasteiger partial charge in [0.1, 0.15) is 11.4 Å². The van der Waals surface area contributed by atoms with Gasteiger partial charge in [0, 0.05) is 17.9 Å². The van der Waals surface area contributed by atoms with Gasteiger partial charge in [0.25, 0.3) is 11.8 Å². The third-order valence-corrected chi connectivity index (χ3v) is 9.30. The van der Waals surface area contributed by atoms with Gasteiger partial charge in [-0.15, -0.1) is 16.8 Å². The molecule has 0 saturated heterocycles. The smallest absolute Gasteiger partial charge is 0.297 e. The number of nitrogens with zero attached hydrogens (tertiary/aromatic N) is 4. The largest absolute Gasteiger partial charge is 0.450 e. The predicted octanol–water partition coefficient (Wildman–Crippen LogP) is 5.51. The van der Waals surface area contributed by atoms with Gasteiger partial charge in [0.2, 0.25) is 10.9 Å². The van der Waals surface area contributed by atoms with Crippen LogP contribution in [0.4, 0.5) is 15.2 Å². The molecule has 4 heterocycles.